The maximum absolute atomic E-state index is 13.0. The molecule has 2 aliphatic rings. The molecule has 2 fully saturated rings. The van der Waals surface area contributed by atoms with Crippen molar-refractivity contribution in [3.63, 3.8) is 0 Å². The second-order valence-electron chi connectivity index (χ2n) is 8.30. The van der Waals surface area contributed by atoms with Gasteiger partial charge in [-0.1, -0.05) is 36.4 Å². The molecule has 28 heavy (non-hydrogen) atoms. The van der Waals surface area contributed by atoms with E-state index in [0.29, 0.717) is 5.91 Å². The molecule has 0 saturated carbocycles. The standard InChI is InChI=1S/C23H30N4O/c28-23(22-8-11-25(12-9-22)19-21-7-4-10-24-17-21)27-15-13-26(14-16-27)18-20-5-2-1-3-6-20/h1-7,10,17,22H,8-9,11-16,18-19H2/p+2. The molecule has 5 heteroatoms. The summed E-state index contributed by atoms with van der Waals surface area (Å²) in [5, 5.41) is 0. The van der Waals surface area contributed by atoms with Crippen molar-refractivity contribution in [1.29, 1.82) is 0 Å². The number of piperidine rings is 1. The van der Waals surface area contributed by atoms with E-state index in [9.17, 15) is 4.79 Å². The number of nitrogens with zero attached hydrogens (tertiary/aromatic N) is 2. The van der Waals surface area contributed by atoms with Crippen LogP contribution >= 0.6 is 0 Å². The molecule has 1 aromatic carbocycles. The third kappa shape index (κ3) is 4.97. The lowest BCUT2D eigenvalue weighted by atomic mass is 9.94. The van der Waals surface area contributed by atoms with Gasteiger partial charge in [0.2, 0.25) is 5.91 Å². The molecule has 0 bridgehead atoms. The minimum Gasteiger partial charge on any atom is -0.331 e. The molecule has 2 aliphatic heterocycles. The summed E-state index contributed by atoms with van der Waals surface area (Å²) in [6.07, 6.45) is 5.82. The molecule has 2 saturated heterocycles. The summed E-state index contributed by atoms with van der Waals surface area (Å²) < 4.78 is 0. The van der Waals surface area contributed by atoms with Crippen molar-refractivity contribution >= 4 is 5.91 Å². The molecule has 5 nitrogen and oxygen atoms in total. The van der Waals surface area contributed by atoms with Gasteiger partial charge < -0.3 is 14.7 Å². The highest BCUT2D eigenvalue weighted by atomic mass is 16.2. The Morgan fingerprint density at radius 2 is 1.54 bits per heavy atom. The van der Waals surface area contributed by atoms with Gasteiger partial charge >= 0.3 is 0 Å². The van der Waals surface area contributed by atoms with Gasteiger partial charge in [-0.3, -0.25) is 9.78 Å². The molecule has 0 radical (unpaired) electrons. The van der Waals surface area contributed by atoms with Gasteiger partial charge in [-0.2, -0.15) is 0 Å². The van der Waals surface area contributed by atoms with E-state index in [1.54, 1.807) is 9.80 Å². The predicted octanol–water partition coefficient (Wildman–Crippen LogP) is -0.196. The molecule has 3 heterocycles. The SMILES string of the molecule is O=C(C1CC[NH+](Cc2cccnc2)CC1)N1CC[NH+](Cc2ccccc2)CC1. The number of rotatable bonds is 5. The van der Waals surface area contributed by atoms with E-state index in [2.05, 4.69) is 46.3 Å². The number of amides is 1. The van der Waals surface area contributed by atoms with Gasteiger partial charge in [0.15, 0.2) is 0 Å². The Hall–Kier alpha value is -2.24. The molecule has 4 rings (SSSR count). The predicted molar refractivity (Wildman–Crippen MR) is 109 cm³/mol. The number of piperazine rings is 1. The summed E-state index contributed by atoms with van der Waals surface area (Å²) in [6.45, 7) is 8.20. The van der Waals surface area contributed by atoms with Gasteiger partial charge in [-0.25, -0.2) is 0 Å². The maximum atomic E-state index is 13.0. The van der Waals surface area contributed by atoms with Gasteiger partial charge in [-0.05, 0) is 6.07 Å². The molecule has 148 valence electrons. The fourth-order valence-electron chi connectivity index (χ4n) is 4.60. The molecule has 0 atom stereocenters. The summed E-state index contributed by atoms with van der Waals surface area (Å²) in [5.74, 6) is 0.632. The average molecular weight is 381 g/mol. The Labute approximate surface area is 168 Å². The number of carbonyl (C=O) groups is 1. The zero-order valence-electron chi connectivity index (χ0n) is 16.6. The number of hydrogen-bond acceptors (Lipinski definition) is 2. The number of likely N-dealkylation sites (tertiary alicyclic amines) is 1. The van der Waals surface area contributed by atoms with Crippen LogP contribution in [-0.2, 0) is 17.9 Å². The summed E-state index contributed by atoms with van der Waals surface area (Å²) in [7, 11) is 0. The van der Waals surface area contributed by atoms with Crippen molar-refractivity contribution in [2.75, 3.05) is 39.3 Å². The van der Waals surface area contributed by atoms with Crippen molar-refractivity contribution in [1.82, 2.24) is 9.88 Å². The molecular formula is C23H32N4O+2. The normalized spacial score (nSPS) is 23.5. The van der Waals surface area contributed by atoms with Gasteiger partial charge in [0.1, 0.15) is 13.1 Å². The fourth-order valence-corrected chi connectivity index (χ4v) is 4.60. The molecule has 0 unspecified atom stereocenters. The van der Waals surface area contributed by atoms with E-state index in [4.69, 9.17) is 0 Å². The first-order chi connectivity index (χ1) is 13.8. The second-order valence-corrected chi connectivity index (χ2v) is 8.30. The van der Waals surface area contributed by atoms with Crippen molar-refractivity contribution in [3.05, 3.63) is 66.0 Å². The third-order valence-corrected chi connectivity index (χ3v) is 6.30. The zero-order chi connectivity index (χ0) is 19.2. The smallest absolute Gasteiger partial charge is 0.226 e. The second kappa shape index (κ2) is 9.30. The Balaban J connectivity index is 1.20. The number of nitrogens with one attached hydrogen (secondary N) is 2. The Morgan fingerprint density at radius 3 is 2.21 bits per heavy atom. The number of pyridine rings is 1. The van der Waals surface area contributed by atoms with Crippen LogP contribution < -0.4 is 9.80 Å². The molecule has 1 amide bonds. The first kappa shape index (κ1) is 19.1. The van der Waals surface area contributed by atoms with Gasteiger partial charge in [0.05, 0.1) is 39.3 Å². The van der Waals surface area contributed by atoms with Crippen LogP contribution in [0.2, 0.25) is 0 Å². The largest absolute Gasteiger partial charge is 0.331 e. The first-order valence-electron chi connectivity index (χ1n) is 10.7. The minimum absolute atomic E-state index is 0.230. The lowest BCUT2D eigenvalue weighted by Gasteiger charge is -2.36. The number of carbonyl (C=O) groups excluding carboxylic acids is 1. The highest BCUT2D eigenvalue weighted by Gasteiger charge is 2.32. The first-order valence-corrected chi connectivity index (χ1v) is 10.7. The fraction of sp³-hybridized carbons (Fsp3) is 0.478. The molecule has 0 spiro atoms. The number of hydrogen-bond donors (Lipinski definition) is 2. The van der Waals surface area contributed by atoms with Crippen LogP contribution in [0.25, 0.3) is 0 Å². The van der Waals surface area contributed by atoms with Crippen LogP contribution in [-0.4, -0.2) is 55.1 Å². The topological polar surface area (TPSA) is 42.1 Å². The molecule has 0 aliphatic carbocycles. The van der Waals surface area contributed by atoms with Crippen LogP contribution in [0.1, 0.15) is 24.0 Å². The summed E-state index contributed by atoms with van der Waals surface area (Å²) in [5.41, 5.74) is 2.68. The highest BCUT2D eigenvalue weighted by molar-refractivity contribution is 5.79. The molecule has 2 aromatic rings. The summed E-state index contributed by atoms with van der Waals surface area (Å²) in [4.78, 5) is 22.5. The van der Waals surface area contributed by atoms with E-state index in [-0.39, 0.29) is 5.92 Å². The van der Waals surface area contributed by atoms with Crippen LogP contribution in [0.5, 0.6) is 0 Å². The van der Waals surface area contributed by atoms with Crippen molar-refractivity contribution in [2.24, 2.45) is 5.92 Å². The number of aromatic nitrogens is 1. The molecular weight excluding hydrogens is 348 g/mol. The Kier molecular flexibility index (Phi) is 6.34. The highest BCUT2D eigenvalue weighted by Crippen LogP contribution is 2.14. The monoisotopic (exact) mass is 380 g/mol. The quantitative estimate of drug-likeness (QED) is 0.755. The van der Waals surface area contributed by atoms with Gasteiger partial charge in [0.25, 0.3) is 0 Å². The van der Waals surface area contributed by atoms with Crippen LogP contribution in [0.3, 0.4) is 0 Å². The van der Waals surface area contributed by atoms with Crippen molar-refractivity contribution < 1.29 is 14.6 Å². The summed E-state index contributed by atoms with van der Waals surface area (Å²) >= 11 is 0. The van der Waals surface area contributed by atoms with Crippen LogP contribution in [0, 0.1) is 5.92 Å². The maximum Gasteiger partial charge on any atom is 0.226 e. The van der Waals surface area contributed by atoms with Gasteiger partial charge in [0, 0.05) is 42.3 Å². The van der Waals surface area contributed by atoms with E-state index in [1.807, 2.05) is 18.5 Å². The van der Waals surface area contributed by atoms with E-state index in [0.717, 1.165) is 65.2 Å². The van der Waals surface area contributed by atoms with E-state index >= 15 is 0 Å². The Morgan fingerprint density at radius 1 is 0.893 bits per heavy atom. The van der Waals surface area contributed by atoms with Crippen molar-refractivity contribution in [3.8, 4) is 0 Å². The van der Waals surface area contributed by atoms with E-state index in [1.165, 1.54) is 11.1 Å². The molecule has 1 aromatic heterocycles. The average Bonchev–Trinajstić information content (AvgIpc) is 2.76. The van der Waals surface area contributed by atoms with Crippen molar-refractivity contribution in [2.45, 2.75) is 25.9 Å². The van der Waals surface area contributed by atoms with E-state index < -0.39 is 0 Å². The van der Waals surface area contributed by atoms with Crippen LogP contribution in [0.4, 0.5) is 0 Å². The molecule has 2 N–H and O–H groups in total. The lowest BCUT2D eigenvalue weighted by molar-refractivity contribution is -0.919. The van der Waals surface area contributed by atoms with Crippen LogP contribution in [0.15, 0.2) is 54.9 Å². The number of benzene rings is 1. The lowest BCUT2D eigenvalue weighted by Crippen LogP contribution is -3.13. The Bertz CT molecular complexity index is 672. The zero-order valence-corrected chi connectivity index (χ0v) is 16.6. The minimum atomic E-state index is 0.230. The number of quaternary nitrogens is 2. The third-order valence-electron chi connectivity index (χ3n) is 6.30. The summed E-state index contributed by atoms with van der Waals surface area (Å²) in [6, 6.07) is 14.8. The van der Waals surface area contributed by atoms with Gasteiger partial charge in [-0.15, -0.1) is 0 Å².